The van der Waals surface area contributed by atoms with Crippen LogP contribution < -0.4 is 5.56 Å². The lowest BCUT2D eigenvalue weighted by Gasteiger charge is -2.17. The summed E-state index contributed by atoms with van der Waals surface area (Å²) in [5.74, 6) is -0.322. The lowest BCUT2D eigenvalue weighted by molar-refractivity contribution is -0.125. The lowest BCUT2D eigenvalue weighted by atomic mass is 9.99. The number of hydrogen-bond acceptors (Lipinski definition) is 4. The van der Waals surface area contributed by atoms with E-state index in [9.17, 15) is 14.7 Å². The Morgan fingerprint density at radius 1 is 1.18 bits per heavy atom. The average molecular weight is 454 g/mol. The molecule has 0 aliphatic heterocycles. The number of aromatic nitrogens is 2. The quantitative estimate of drug-likeness (QED) is 0.430. The second-order valence-corrected chi connectivity index (χ2v) is 9.29. The van der Waals surface area contributed by atoms with E-state index in [1.807, 2.05) is 13.8 Å². The Morgan fingerprint density at radius 3 is 2.71 bits per heavy atom. The number of pyridine rings is 2. The van der Waals surface area contributed by atoms with E-state index in [-0.39, 0.29) is 23.1 Å². The summed E-state index contributed by atoms with van der Waals surface area (Å²) in [4.78, 5) is 33.7. The van der Waals surface area contributed by atoms with Crippen LogP contribution in [0.15, 0.2) is 53.5 Å². The van der Waals surface area contributed by atoms with Crippen LogP contribution in [-0.4, -0.2) is 32.9 Å². The van der Waals surface area contributed by atoms with Gasteiger partial charge in [-0.3, -0.25) is 9.59 Å². The molecular formula is C28H27N3O3. The van der Waals surface area contributed by atoms with Gasteiger partial charge in [0.1, 0.15) is 11.4 Å². The summed E-state index contributed by atoms with van der Waals surface area (Å²) in [5, 5.41) is 13.7. The Bertz CT molecular complexity index is 1520. The molecule has 1 amide bonds. The Hall–Kier alpha value is -3.93. The van der Waals surface area contributed by atoms with Gasteiger partial charge in [0.2, 0.25) is 5.91 Å². The van der Waals surface area contributed by atoms with Crippen LogP contribution in [0.5, 0.6) is 5.75 Å². The van der Waals surface area contributed by atoms with Crippen LogP contribution in [0.2, 0.25) is 0 Å². The van der Waals surface area contributed by atoms with E-state index in [1.165, 1.54) is 28.0 Å². The highest BCUT2D eigenvalue weighted by molar-refractivity contribution is 5.95. The third kappa shape index (κ3) is 3.75. The zero-order chi connectivity index (χ0) is 24.0. The van der Waals surface area contributed by atoms with E-state index < -0.39 is 0 Å². The molecule has 2 heterocycles. The summed E-state index contributed by atoms with van der Waals surface area (Å²) in [6.45, 7) is 4.22. The van der Waals surface area contributed by atoms with E-state index in [4.69, 9.17) is 0 Å². The number of likely N-dealkylation sites (N-methyl/N-ethyl adjacent to an activating group) is 1. The van der Waals surface area contributed by atoms with E-state index >= 15 is 0 Å². The topological polar surface area (TPSA) is 86.3 Å². The molecule has 1 aliphatic carbocycles. The minimum absolute atomic E-state index is 0.0630. The van der Waals surface area contributed by atoms with Crippen LogP contribution in [-0.2, 0) is 24.2 Å². The first-order chi connectivity index (χ1) is 16.3. The number of aryl methyl sites for hydroxylation is 2. The molecule has 2 N–H and O–H groups in total. The van der Waals surface area contributed by atoms with Gasteiger partial charge in [-0.25, -0.2) is 4.98 Å². The van der Waals surface area contributed by atoms with Gasteiger partial charge in [-0.05, 0) is 63.9 Å². The summed E-state index contributed by atoms with van der Waals surface area (Å²) in [5.41, 5.74) is 4.88. The molecule has 34 heavy (non-hydrogen) atoms. The van der Waals surface area contributed by atoms with Gasteiger partial charge in [0.25, 0.3) is 5.56 Å². The fourth-order valence-electron chi connectivity index (χ4n) is 4.89. The Balaban J connectivity index is 1.38. The first kappa shape index (κ1) is 21.9. The molecule has 172 valence electrons. The zero-order valence-electron chi connectivity index (χ0n) is 19.6. The Kier molecular flexibility index (Phi) is 5.44. The molecule has 1 aliphatic rings. The molecule has 0 saturated carbocycles. The molecule has 4 aromatic rings. The van der Waals surface area contributed by atoms with Crippen LogP contribution in [0.25, 0.3) is 27.9 Å². The Labute approximate surface area is 197 Å². The van der Waals surface area contributed by atoms with Crippen molar-refractivity contribution in [2.75, 3.05) is 7.05 Å². The van der Waals surface area contributed by atoms with Crippen molar-refractivity contribution in [2.24, 2.45) is 0 Å². The fourth-order valence-corrected chi connectivity index (χ4v) is 4.89. The molecule has 2 aromatic heterocycles. The zero-order valence-corrected chi connectivity index (χ0v) is 19.6. The van der Waals surface area contributed by atoms with Gasteiger partial charge in [0.05, 0.1) is 10.9 Å². The Morgan fingerprint density at radius 2 is 1.94 bits per heavy atom. The van der Waals surface area contributed by atoms with Crippen LogP contribution in [0.3, 0.4) is 0 Å². The summed E-state index contributed by atoms with van der Waals surface area (Å²) in [6.07, 6.45) is 6.91. The van der Waals surface area contributed by atoms with Gasteiger partial charge in [-0.15, -0.1) is 0 Å². The molecule has 2 aromatic carbocycles. The van der Waals surface area contributed by atoms with Gasteiger partial charge >= 0.3 is 0 Å². The number of rotatable bonds is 5. The second-order valence-electron chi connectivity index (χ2n) is 9.29. The number of H-pyrrole nitrogens is 1. The fraction of sp³-hybridized carbons (Fsp3) is 0.250. The maximum absolute atomic E-state index is 12.8. The summed E-state index contributed by atoms with van der Waals surface area (Å²) < 4.78 is 0. The maximum atomic E-state index is 12.8. The van der Waals surface area contributed by atoms with E-state index in [0.29, 0.717) is 28.7 Å². The number of aromatic amines is 1. The first-order valence-electron chi connectivity index (χ1n) is 11.5. The highest BCUT2D eigenvalue weighted by atomic mass is 16.3. The van der Waals surface area contributed by atoms with Gasteiger partial charge < -0.3 is 15.0 Å². The maximum Gasteiger partial charge on any atom is 0.256 e. The number of nitrogens with zero attached hydrogens (tertiary/aromatic N) is 2. The molecular weight excluding hydrogens is 426 g/mol. The van der Waals surface area contributed by atoms with Gasteiger partial charge in [0, 0.05) is 25.9 Å². The number of nitrogens with one attached hydrogen (secondary N) is 1. The van der Waals surface area contributed by atoms with Gasteiger partial charge in [-0.1, -0.05) is 44.2 Å². The number of aromatic hydroxyl groups is 1. The number of hydrogen-bond donors (Lipinski definition) is 2. The largest absolute Gasteiger partial charge is 0.507 e. The molecule has 6 heteroatoms. The molecule has 0 fully saturated rings. The van der Waals surface area contributed by atoms with Crippen molar-refractivity contribution in [2.45, 2.75) is 39.2 Å². The van der Waals surface area contributed by atoms with Gasteiger partial charge in [-0.2, -0.15) is 0 Å². The summed E-state index contributed by atoms with van der Waals surface area (Å²) in [6, 6.07) is 12.5. The normalized spacial score (nSPS) is 12.9. The molecule has 0 radical (unpaired) electrons. The number of benzene rings is 2. The minimum Gasteiger partial charge on any atom is -0.507 e. The molecule has 0 saturated heterocycles. The predicted molar refractivity (Wildman–Crippen MR) is 135 cm³/mol. The monoisotopic (exact) mass is 453 g/mol. The van der Waals surface area contributed by atoms with Crippen molar-refractivity contribution in [3.63, 3.8) is 0 Å². The van der Waals surface area contributed by atoms with Crippen LogP contribution >= 0.6 is 0 Å². The number of carbonyl (C=O) groups is 1. The van der Waals surface area contributed by atoms with Crippen molar-refractivity contribution in [1.82, 2.24) is 14.9 Å². The van der Waals surface area contributed by atoms with Crippen molar-refractivity contribution in [3.05, 3.63) is 86.8 Å². The molecule has 0 unspecified atom stereocenters. The van der Waals surface area contributed by atoms with Crippen molar-refractivity contribution in [1.29, 1.82) is 0 Å². The lowest BCUT2D eigenvalue weighted by Crippen LogP contribution is -2.24. The molecule has 0 atom stereocenters. The molecule has 0 bridgehead atoms. The molecule has 0 spiro atoms. The van der Waals surface area contributed by atoms with Crippen molar-refractivity contribution >= 4 is 33.8 Å². The smallest absolute Gasteiger partial charge is 0.256 e. The van der Waals surface area contributed by atoms with Crippen molar-refractivity contribution in [3.8, 4) is 5.75 Å². The standard InChI is InChI=1S/C28H27N3O3/c1-16(2)24-26(33)22-13-17(14-29-27(22)30-28(24)34)7-12-23(32)31(3)15-20-11-10-19-9-8-18-5-4-6-21(20)25(18)19/h4-7,10-14,16H,8-9,15H2,1-3H3,(H2,29,30,33,34). The average Bonchev–Trinajstić information content (AvgIpc) is 3.24. The third-order valence-electron chi connectivity index (χ3n) is 6.64. The second kappa shape index (κ2) is 8.45. The van der Waals surface area contributed by atoms with Crippen LogP contribution in [0.1, 0.15) is 47.6 Å². The first-order valence-corrected chi connectivity index (χ1v) is 11.5. The molecule has 5 rings (SSSR count). The van der Waals surface area contributed by atoms with E-state index in [0.717, 1.165) is 18.4 Å². The molecule has 6 nitrogen and oxygen atoms in total. The predicted octanol–water partition coefficient (Wildman–Crippen LogP) is 4.68. The third-order valence-corrected chi connectivity index (χ3v) is 6.64. The van der Waals surface area contributed by atoms with Crippen LogP contribution in [0.4, 0.5) is 0 Å². The van der Waals surface area contributed by atoms with Gasteiger partial charge in [0.15, 0.2) is 0 Å². The summed E-state index contributed by atoms with van der Waals surface area (Å²) in [7, 11) is 1.79. The van der Waals surface area contributed by atoms with E-state index in [1.54, 1.807) is 30.3 Å². The highest BCUT2D eigenvalue weighted by Crippen LogP contribution is 2.33. The highest BCUT2D eigenvalue weighted by Gasteiger charge is 2.18. The van der Waals surface area contributed by atoms with Crippen molar-refractivity contribution < 1.29 is 9.90 Å². The summed E-state index contributed by atoms with van der Waals surface area (Å²) >= 11 is 0. The number of fused-ring (bicyclic) bond motifs is 1. The van der Waals surface area contributed by atoms with E-state index in [2.05, 4.69) is 40.3 Å². The minimum atomic E-state index is -0.337. The number of carbonyl (C=O) groups excluding carboxylic acids is 1. The van der Waals surface area contributed by atoms with Crippen LogP contribution in [0, 0.1) is 0 Å². The number of amides is 1. The SMILES string of the molecule is CC(C)c1c(O)c2cc(C=CC(=O)N(C)Cc3ccc4c5c(cccc35)CC4)cnc2[nH]c1=O.